The minimum Gasteiger partial charge on any atom is -0.339 e. The number of carbonyl (C=O) groups is 3. The van der Waals surface area contributed by atoms with Crippen molar-refractivity contribution in [1.29, 1.82) is 0 Å². The second-order valence-electron chi connectivity index (χ2n) is 8.17. The van der Waals surface area contributed by atoms with Crippen molar-refractivity contribution in [3.05, 3.63) is 65.5 Å². The molecule has 0 unspecified atom stereocenters. The molecule has 0 spiro atoms. The fourth-order valence-corrected chi connectivity index (χ4v) is 5.12. The highest BCUT2D eigenvalue weighted by Gasteiger charge is 2.39. The topological polar surface area (TPSA) is 104 Å². The summed E-state index contributed by atoms with van der Waals surface area (Å²) in [6.07, 6.45) is 1.12. The highest BCUT2D eigenvalue weighted by Crippen LogP contribution is 2.19. The number of piperazine rings is 1. The van der Waals surface area contributed by atoms with Gasteiger partial charge >= 0.3 is 0 Å². The molecule has 182 valence electrons. The molecular weight excluding hydrogens is 461 g/mol. The molecule has 2 aromatic carbocycles. The Labute approximate surface area is 198 Å². The van der Waals surface area contributed by atoms with Gasteiger partial charge < -0.3 is 15.1 Å². The molecule has 34 heavy (non-hydrogen) atoms. The van der Waals surface area contributed by atoms with Crippen molar-refractivity contribution in [3.8, 4) is 0 Å². The number of carbonyl (C=O) groups excluding carboxylic acids is 3. The van der Waals surface area contributed by atoms with Crippen LogP contribution in [0.4, 0.5) is 4.39 Å². The average molecular weight is 490 g/mol. The van der Waals surface area contributed by atoms with Crippen molar-refractivity contribution < 1.29 is 27.2 Å². The number of rotatable bonds is 7. The lowest BCUT2D eigenvalue weighted by Gasteiger charge is -2.36. The van der Waals surface area contributed by atoms with Crippen LogP contribution in [-0.4, -0.2) is 67.5 Å². The van der Waals surface area contributed by atoms with Gasteiger partial charge in [-0.1, -0.05) is 24.6 Å². The van der Waals surface area contributed by atoms with Gasteiger partial charge in [0.15, 0.2) is 0 Å². The molecule has 2 aromatic rings. The fraction of sp³-hybridized carbons (Fsp3) is 0.375. The highest BCUT2D eigenvalue weighted by atomic mass is 32.2. The molecule has 1 N–H and O–H groups in total. The highest BCUT2D eigenvalue weighted by molar-refractivity contribution is 7.92. The van der Waals surface area contributed by atoms with E-state index in [2.05, 4.69) is 5.32 Å². The number of amides is 3. The van der Waals surface area contributed by atoms with Gasteiger partial charge in [-0.2, -0.15) is 0 Å². The summed E-state index contributed by atoms with van der Waals surface area (Å²) in [6.45, 7) is 4.58. The Balaban J connectivity index is 1.86. The molecule has 3 rings (SSSR count). The summed E-state index contributed by atoms with van der Waals surface area (Å²) in [5.74, 6) is -2.15. The maximum Gasteiger partial charge on any atom is 0.261 e. The van der Waals surface area contributed by atoms with Gasteiger partial charge in [0.2, 0.25) is 21.1 Å². The maximum atomic E-state index is 13.4. The van der Waals surface area contributed by atoms with E-state index in [0.717, 1.165) is 17.7 Å². The van der Waals surface area contributed by atoms with Gasteiger partial charge in [-0.05, 0) is 49.7 Å². The summed E-state index contributed by atoms with van der Waals surface area (Å²) in [5, 5.41) is 0.467. The first-order chi connectivity index (χ1) is 16.1. The first-order valence-corrected chi connectivity index (χ1v) is 12.6. The quantitative estimate of drug-likeness (QED) is 0.642. The molecule has 0 saturated carbocycles. The summed E-state index contributed by atoms with van der Waals surface area (Å²) in [7, 11) is -4.29. The number of aryl methyl sites for hydroxylation is 1. The lowest BCUT2D eigenvalue weighted by Crippen LogP contribution is -2.57. The number of benzene rings is 2. The van der Waals surface area contributed by atoms with Crippen molar-refractivity contribution in [1.82, 2.24) is 15.1 Å². The monoisotopic (exact) mass is 489 g/mol. The fourth-order valence-electron chi connectivity index (χ4n) is 3.65. The second kappa shape index (κ2) is 10.8. The van der Waals surface area contributed by atoms with Gasteiger partial charge in [-0.15, -0.1) is 0 Å². The first kappa shape index (κ1) is 25.4. The van der Waals surface area contributed by atoms with Crippen LogP contribution < -0.4 is 5.32 Å². The van der Waals surface area contributed by atoms with E-state index in [1.54, 1.807) is 24.0 Å². The minimum absolute atomic E-state index is 0.0111. The van der Waals surface area contributed by atoms with Crippen LogP contribution in [-0.2, 0) is 19.4 Å². The molecule has 1 aliphatic rings. The van der Waals surface area contributed by atoms with Crippen LogP contribution in [0.2, 0.25) is 0 Å². The van der Waals surface area contributed by atoms with Gasteiger partial charge in [0, 0.05) is 38.2 Å². The van der Waals surface area contributed by atoms with Crippen molar-refractivity contribution in [2.24, 2.45) is 0 Å². The largest absolute Gasteiger partial charge is 0.339 e. The summed E-state index contributed by atoms with van der Waals surface area (Å²) in [4.78, 5) is 41.2. The average Bonchev–Trinajstić information content (AvgIpc) is 2.83. The zero-order valence-electron chi connectivity index (χ0n) is 19.2. The number of hydrogen-bond donors (Lipinski definition) is 1. The standard InChI is InChI=1S/C24H28FN3O5S/c1-3-4-21(29)27-13-15-28(16-14-27)24(31)23(26-22(30)18-7-9-19(25)10-8-18)34(32,33)20-11-5-17(2)6-12-20/h5-12,23H,3-4,13-16H2,1-2H3,(H,26,30)/t23-/m0/s1. The SMILES string of the molecule is CCCC(=O)N1CCN(C(=O)[C@@H](NC(=O)c2ccc(F)cc2)S(=O)(=O)c2ccc(C)cc2)CC1. The number of sulfone groups is 1. The number of nitrogens with one attached hydrogen (secondary N) is 1. The van der Waals surface area contributed by atoms with Crippen molar-refractivity contribution in [2.75, 3.05) is 26.2 Å². The third-order valence-electron chi connectivity index (χ3n) is 5.66. The van der Waals surface area contributed by atoms with Crippen LogP contribution in [0.3, 0.4) is 0 Å². The third kappa shape index (κ3) is 5.80. The van der Waals surface area contributed by atoms with E-state index < -0.39 is 32.8 Å². The lowest BCUT2D eigenvalue weighted by molar-refractivity contribution is -0.139. The smallest absolute Gasteiger partial charge is 0.261 e. The molecule has 10 heteroatoms. The maximum absolute atomic E-state index is 13.4. The van der Waals surface area contributed by atoms with Gasteiger partial charge in [0.1, 0.15) is 5.82 Å². The van der Waals surface area contributed by atoms with Crippen molar-refractivity contribution in [3.63, 3.8) is 0 Å². The van der Waals surface area contributed by atoms with E-state index >= 15 is 0 Å². The summed E-state index contributed by atoms with van der Waals surface area (Å²) in [5.41, 5.74) is 0.860. The minimum atomic E-state index is -4.29. The van der Waals surface area contributed by atoms with Gasteiger partial charge in [-0.25, -0.2) is 12.8 Å². The Bertz CT molecular complexity index is 1140. The van der Waals surface area contributed by atoms with Gasteiger partial charge in [0.25, 0.3) is 11.8 Å². The van der Waals surface area contributed by atoms with Crippen LogP contribution in [0.1, 0.15) is 35.7 Å². The zero-order valence-corrected chi connectivity index (χ0v) is 20.0. The second-order valence-corrected chi connectivity index (χ2v) is 10.2. The summed E-state index contributed by atoms with van der Waals surface area (Å²) >= 11 is 0. The molecule has 1 atom stereocenters. The summed E-state index contributed by atoms with van der Waals surface area (Å²) < 4.78 is 40.1. The molecule has 1 saturated heterocycles. The predicted octanol–water partition coefficient (Wildman–Crippen LogP) is 2.13. The molecule has 3 amide bonds. The van der Waals surface area contributed by atoms with Gasteiger partial charge in [-0.3, -0.25) is 14.4 Å². The van der Waals surface area contributed by atoms with E-state index in [1.165, 1.54) is 29.2 Å². The summed E-state index contributed by atoms with van der Waals surface area (Å²) in [6, 6.07) is 10.6. The first-order valence-electron chi connectivity index (χ1n) is 11.1. The van der Waals surface area contributed by atoms with E-state index in [4.69, 9.17) is 0 Å². The van der Waals surface area contributed by atoms with E-state index in [9.17, 15) is 27.2 Å². The van der Waals surface area contributed by atoms with E-state index in [0.29, 0.717) is 12.8 Å². The Hall–Kier alpha value is -3.27. The van der Waals surface area contributed by atoms with Crippen LogP contribution >= 0.6 is 0 Å². The molecule has 0 aliphatic carbocycles. The molecule has 1 aliphatic heterocycles. The molecule has 8 nitrogen and oxygen atoms in total. The lowest BCUT2D eigenvalue weighted by atomic mass is 10.2. The molecule has 1 heterocycles. The van der Waals surface area contributed by atoms with E-state index in [1.807, 2.05) is 6.92 Å². The Morgan fingerprint density at radius 3 is 2.06 bits per heavy atom. The van der Waals surface area contributed by atoms with Crippen molar-refractivity contribution >= 4 is 27.6 Å². The Kier molecular flexibility index (Phi) is 8.03. The van der Waals surface area contributed by atoms with Crippen LogP contribution in [0.25, 0.3) is 0 Å². The van der Waals surface area contributed by atoms with Gasteiger partial charge in [0.05, 0.1) is 4.90 Å². The Morgan fingerprint density at radius 2 is 1.50 bits per heavy atom. The molecule has 0 aromatic heterocycles. The number of hydrogen-bond acceptors (Lipinski definition) is 5. The molecule has 1 fully saturated rings. The molecule has 0 radical (unpaired) electrons. The zero-order chi connectivity index (χ0) is 24.9. The number of nitrogens with zero attached hydrogens (tertiary/aromatic N) is 2. The Morgan fingerprint density at radius 1 is 0.941 bits per heavy atom. The van der Waals surface area contributed by atoms with Crippen molar-refractivity contribution in [2.45, 2.75) is 37.0 Å². The predicted molar refractivity (Wildman–Crippen MR) is 124 cm³/mol. The van der Waals surface area contributed by atoms with Crippen LogP contribution in [0.5, 0.6) is 0 Å². The third-order valence-corrected chi connectivity index (χ3v) is 7.53. The number of halogens is 1. The molecular formula is C24H28FN3O5S. The van der Waals surface area contributed by atoms with Crippen LogP contribution in [0.15, 0.2) is 53.4 Å². The molecule has 0 bridgehead atoms. The van der Waals surface area contributed by atoms with E-state index in [-0.39, 0.29) is 42.5 Å². The normalized spacial score (nSPS) is 15.0. The van der Waals surface area contributed by atoms with Crippen LogP contribution in [0, 0.1) is 12.7 Å².